The van der Waals surface area contributed by atoms with Gasteiger partial charge in [0.1, 0.15) is 6.04 Å². The molecule has 0 aliphatic rings. The van der Waals surface area contributed by atoms with Crippen LogP contribution in [0.3, 0.4) is 0 Å². The van der Waals surface area contributed by atoms with Crippen LogP contribution >= 0.6 is 23.2 Å². The maximum Gasteiger partial charge on any atom is 0.248 e. The maximum absolute atomic E-state index is 12.8. The van der Waals surface area contributed by atoms with Gasteiger partial charge in [-0.2, -0.15) is 0 Å². The van der Waals surface area contributed by atoms with Crippen LogP contribution in [0.4, 0.5) is 11.4 Å². The summed E-state index contributed by atoms with van der Waals surface area (Å²) in [5.74, 6) is -0.483. The molecule has 0 heterocycles. The van der Waals surface area contributed by atoms with Crippen molar-refractivity contribution < 1.29 is 13.2 Å². The van der Waals surface area contributed by atoms with Crippen LogP contribution in [-0.4, -0.2) is 26.6 Å². The quantitative estimate of drug-likeness (QED) is 0.756. The summed E-state index contributed by atoms with van der Waals surface area (Å²) in [4.78, 5) is 12.8. The third kappa shape index (κ3) is 4.90. The van der Waals surface area contributed by atoms with Gasteiger partial charge in [0.15, 0.2) is 0 Å². The molecule has 0 fully saturated rings. The molecule has 2 rings (SSSR count). The third-order valence-corrected chi connectivity index (χ3v) is 5.52. The molecule has 26 heavy (non-hydrogen) atoms. The van der Waals surface area contributed by atoms with E-state index < -0.39 is 22.0 Å². The van der Waals surface area contributed by atoms with Gasteiger partial charge in [0.05, 0.1) is 22.7 Å². The molecular weight excluding hydrogens is 395 g/mol. The number of carbonyl (C=O) groups excluding carboxylic acids is 1. The fraction of sp³-hybridized carbons (Fsp3) is 0.278. The molecule has 0 saturated heterocycles. The summed E-state index contributed by atoms with van der Waals surface area (Å²) in [6.07, 6.45) is 1.36. The van der Waals surface area contributed by atoms with Gasteiger partial charge in [0.2, 0.25) is 15.9 Å². The van der Waals surface area contributed by atoms with Crippen molar-refractivity contribution in [3.63, 3.8) is 0 Å². The topological polar surface area (TPSA) is 66.5 Å². The smallest absolute Gasteiger partial charge is 0.248 e. The highest BCUT2D eigenvalue weighted by atomic mass is 35.5. The summed E-state index contributed by atoms with van der Waals surface area (Å²) in [6, 6.07) is 10.8. The van der Waals surface area contributed by atoms with E-state index in [0.717, 1.165) is 16.1 Å². The van der Waals surface area contributed by atoms with Crippen molar-refractivity contribution in [3.05, 3.63) is 58.1 Å². The Hall–Kier alpha value is -1.76. The fourth-order valence-corrected chi connectivity index (χ4v) is 4.18. The summed E-state index contributed by atoms with van der Waals surface area (Å²) in [7, 11) is -3.69. The molecule has 0 aliphatic carbocycles. The Balaban J connectivity index is 2.41. The minimum absolute atomic E-state index is 0.283. The number of halogens is 2. The van der Waals surface area contributed by atoms with E-state index in [-0.39, 0.29) is 6.42 Å². The first-order valence-electron chi connectivity index (χ1n) is 7.95. The van der Waals surface area contributed by atoms with Crippen LogP contribution in [0.5, 0.6) is 0 Å². The highest BCUT2D eigenvalue weighted by Crippen LogP contribution is 2.28. The zero-order valence-electron chi connectivity index (χ0n) is 14.7. The number of carbonyl (C=O) groups is 1. The molecule has 0 aliphatic heterocycles. The number of aryl methyl sites for hydroxylation is 1. The Morgan fingerprint density at radius 2 is 1.88 bits per heavy atom. The second kappa shape index (κ2) is 8.29. The summed E-state index contributed by atoms with van der Waals surface area (Å²) < 4.78 is 26.0. The molecule has 8 heteroatoms. The van der Waals surface area contributed by atoms with Gasteiger partial charge < -0.3 is 5.32 Å². The van der Waals surface area contributed by atoms with Crippen LogP contribution in [0.25, 0.3) is 0 Å². The summed E-state index contributed by atoms with van der Waals surface area (Å²) >= 11 is 12.0. The standard InChI is InChI=1S/C18H20Cl2N2O3S/c1-4-17(18(23)21-16-11-13(19)8-9-15(16)20)22(26(3,24)25)14-7-5-6-12(2)10-14/h5-11,17H,4H2,1-3H3,(H,21,23)/t17-/m0/s1. The van der Waals surface area contributed by atoms with Crippen molar-refractivity contribution in [1.82, 2.24) is 0 Å². The van der Waals surface area contributed by atoms with E-state index >= 15 is 0 Å². The Bertz CT molecular complexity index is 916. The number of amides is 1. The molecule has 0 radical (unpaired) electrons. The van der Waals surface area contributed by atoms with Crippen molar-refractivity contribution >= 4 is 50.5 Å². The number of benzene rings is 2. The van der Waals surface area contributed by atoms with E-state index in [1.807, 2.05) is 13.0 Å². The van der Waals surface area contributed by atoms with Gasteiger partial charge >= 0.3 is 0 Å². The number of nitrogens with zero attached hydrogens (tertiary/aromatic N) is 1. The SMILES string of the molecule is CC[C@@H](C(=O)Nc1cc(Cl)ccc1Cl)N(c1cccc(C)c1)S(C)(=O)=O. The number of sulfonamides is 1. The van der Waals surface area contributed by atoms with Gasteiger partial charge in [-0.15, -0.1) is 0 Å². The number of hydrogen-bond donors (Lipinski definition) is 1. The first kappa shape index (κ1) is 20.6. The average molecular weight is 415 g/mol. The van der Waals surface area contributed by atoms with Crippen LogP contribution < -0.4 is 9.62 Å². The van der Waals surface area contributed by atoms with E-state index in [1.54, 1.807) is 37.3 Å². The second-order valence-electron chi connectivity index (χ2n) is 5.94. The average Bonchev–Trinajstić information content (AvgIpc) is 2.54. The molecule has 1 N–H and O–H groups in total. The number of anilines is 2. The molecule has 2 aromatic carbocycles. The van der Waals surface area contributed by atoms with E-state index in [2.05, 4.69) is 5.32 Å². The molecule has 1 atom stereocenters. The molecule has 140 valence electrons. The molecule has 1 amide bonds. The molecular formula is C18H20Cl2N2O3S. The number of nitrogens with one attached hydrogen (secondary N) is 1. The van der Waals surface area contributed by atoms with E-state index in [9.17, 15) is 13.2 Å². The zero-order valence-corrected chi connectivity index (χ0v) is 17.0. The Morgan fingerprint density at radius 3 is 2.46 bits per heavy atom. The Morgan fingerprint density at radius 1 is 1.19 bits per heavy atom. The van der Waals surface area contributed by atoms with E-state index in [0.29, 0.717) is 21.4 Å². The van der Waals surface area contributed by atoms with Gasteiger partial charge in [0, 0.05) is 5.02 Å². The van der Waals surface area contributed by atoms with Crippen molar-refractivity contribution in [2.45, 2.75) is 26.3 Å². The highest BCUT2D eigenvalue weighted by Gasteiger charge is 2.31. The number of rotatable bonds is 6. The molecule has 0 bridgehead atoms. The lowest BCUT2D eigenvalue weighted by Gasteiger charge is -2.30. The predicted molar refractivity (Wildman–Crippen MR) is 108 cm³/mol. The zero-order chi connectivity index (χ0) is 19.5. The van der Waals surface area contributed by atoms with Gasteiger partial charge in [-0.05, 0) is 49.2 Å². The first-order valence-corrected chi connectivity index (χ1v) is 10.6. The van der Waals surface area contributed by atoms with Crippen LogP contribution in [0.2, 0.25) is 10.0 Å². The largest absolute Gasteiger partial charge is 0.323 e. The van der Waals surface area contributed by atoms with Crippen molar-refractivity contribution in [1.29, 1.82) is 0 Å². The van der Waals surface area contributed by atoms with Crippen molar-refractivity contribution in [2.75, 3.05) is 15.9 Å². The van der Waals surface area contributed by atoms with Crippen LogP contribution in [-0.2, 0) is 14.8 Å². The summed E-state index contributed by atoms with van der Waals surface area (Å²) in [6.45, 7) is 3.61. The maximum atomic E-state index is 12.8. The van der Waals surface area contributed by atoms with E-state index in [1.165, 1.54) is 6.07 Å². The van der Waals surface area contributed by atoms with Gasteiger partial charge in [0.25, 0.3) is 0 Å². The fourth-order valence-electron chi connectivity index (χ4n) is 2.63. The molecule has 0 aromatic heterocycles. The van der Waals surface area contributed by atoms with Crippen LogP contribution in [0.15, 0.2) is 42.5 Å². The first-order chi connectivity index (χ1) is 12.1. The molecule has 0 saturated carbocycles. The predicted octanol–water partition coefficient (Wildman–Crippen LogP) is 4.49. The minimum Gasteiger partial charge on any atom is -0.323 e. The van der Waals surface area contributed by atoms with Crippen LogP contribution in [0.1, 0.15) is 18.9 Å². The monoisotopic (exact) mass is 414 g/mol. The normalized spacial score (nSPS) is 12.5. The van der Waals surface area contributed by atoms with Crippen molar-refractivity contribution in [3.8, 4) is 0 Å². The van der Waals surface area contributed by atoms with Crippen molar-refractivity contribution in [2.24, 2.45) is 0 Å². The Labute approximate surface area is 164 Å². The lowest BCUT2D eigenvalue weighted by atomic mass is 10.1. The minimum atomic E-state index is -3.69. The lowest BCUT2D eigenvalue weighted by molar-refractivity contribution is -0.117. The second-order valence-corrected chi connectivity index (χ2v) is 8.64. The lowest BCUT2D eigenvalue weighted by Crippen LogP contribution is -2.47. The van der Waals surface area contributed by atoms with E-state index in [4.69, 9.17) is 23.2 Å². The summed E-state index contributed by atoms with van der Waals surface area (Å²) in [5, 5.41) is 3.41. The summed E-state index contributed by atoms with van der Waals surface area (Å²) in [5.41, 5.74) is 1.66. The van der Waals surface area contributed by atoms with Gasteiger partial charge in [-0.1, -0.05) is 42.3 Å². The highest BCUT2D eigenvalue weighted by molar-refractivity contribution is 7.92. The molecule has 0 spiro atoms. The number of hydrogen-bond acceptors (Lipinski definition) is 3. The molecule has 5 nitrogen and oxygen atoms in total. The molecule has 0 unspecified atom stereocenters. The van der Waals surface area contributed by atoms with Gasteiger partial charge in [-0.3, -0.25) is 9.10 Å². The van der Waals surface area contributed by atoms with Gasteiger partial charge in [-0.25, -0.2) is 8.42 Å². The van der Waals surface area contributed by atoms with Crippen LogP contribution in [0, 0.1) is 6.92 Å². The molecule has 2 aromatic rings. The Kier molecular flexibility index (Phi) is 6.55. The third-order valence-electron chi connectivity index (χ3n) is 3.77.